The Labute approximate surface area is 230 Å². The molecule has 0 saturated heterocycles. The van der Waals surface area contributed by atoms with E-state index >= 15 is 0 Å². The van der Waals surface area contributed by atoms with Crippen molar-refractivity contribution in [3.8, 4) is 28.2 Å². The Bertz CT molecular complexity index is 1370. The predicted molar refractivity (Wildman–Crippen MR) is 149 cm³/mol. The van der Waals surface area contributed by atoms with Crippen molar-refractivity contribution in [2.24, 2.45) is 0 Å². The Morgan fingerprint density at radius 3 is 1.97 bits per heavy atom. The molecule has 10 heteroatoms. The summed E-state index contributed by atoms with van der Waals surface area (Å²) in [6.07, 6.45) is -4.54. The van der Waals surface area contributed by atoms with Crippen LogP contribution in [0.2, 0.25) is 5.02 Å². The van der Waals surface area contributed by atoms with E-state index in [1.54, 1.807) is 71.3 Å². The maximum Gasteiger partial charge on any atom is 0.418 e. The Morgan fingerprint density at radius 2 is 1.42 bits per heavy atom. The molecule has 200 valence electrons. The maximum absolute atomic E-state index is 14.0. The van der Waals surface area contributed by atoms with Crippen molar-refractivity contribution in [3.05, 3.63) is 95.5 Å². The van der Waals surface area contributed by atoms with Crippen molar-refractivity contribution in [3.63, 3.8) is 0 Å². The lowest BCUT2D eigenvalue weighted by Crippen LogP contribution is -2.34. The number of nitrogens with one attached hydrogen (secondary N) is 2. The first-order valence-electron chi connectivity index (χ1n) is 11.6. The number of carbonyl (C=O) groups excluding carboxylic acids is 1. The lowest BCUT2D eigenvalue weighted by atomic mass is 10.1. The molecule has 0 aliphatic heterocycles. The standard InChI is InChI=1S/C28H26ClF3N4O.ClH/c1-35(2)18-17-33-27(37)34-22-13-9-20(10-14-22)25-16-15-24(19-7-11-21(29)12-8-19)36(25)26-6-4-3-5-23(26)28(30,31)32;/h3-16H,17-18H2,1-2H3,(H2,33,34,37);1H. The number of benzene rings is 3. The molecule has 0 unspecified atom stereocenters. The molecule has 4 aromatic rings. The third-order valence-corrected chi connectivity index (χ3v) is 6.01. The molecule has 1 aromatic heterocycles. The zero-order valence-electron chi connectivity index (χ0n) is 20.7. The van der Waals surface area contributed by atoms with Gasteiger partial charge in [0.2, 0.25) is 0 Å². The van der Waals surface area contributed by atoms with E-state index in [0.29, 0.717) is 40.8 Å². The quantitative estimate of drug-likeness (QED) is 0.244. The lowest BCUT2D eigenvalue weighted by Gasteiger charge is -2.19. The molecule has 2 amide bonds. The van der Waals surface area contributed by atoms with Crippen molar-refractivity contribution in [1.82, 2.24) is 14.8 Å². The average Bonchev–Trinajstić information content (AvgIpc) is 3.29. The normalized spacial score (nSPS) is 11.2. The van der Waals surface area contributed by atoms with Crippen molar-refractivity contribution in [1.29, 1.82) is 0 Å². The number of nitrogens with zero attached hydrogens (tertiary/aromatic N) is 2. The van der Waals surface area contributed by atoms with Gasteiger partial charge in [0.15, 0.2) is 0 Å². The third kappa shape index (κ3) is 6.89. The average molecular weight is 563 g/mol. The van der Waals surface area contributed by atoms with E-state index in [-0.39, 0.29) is 24.1 Å². The van der Waals surface area contributed by atoms with Gasteiger partial charge < -0.3 is 20.1 Å². The number of amides is 2. The van der Waals surface area contributed by atoms with Crippen LogP contribution in [0.25, 0.3) is 28.2 Å². The molecule has 1 heterocycles. The Hall–Kier alpha value is -3.46. The van der Waals surface area contributed by atoms with Gasteiger partial charge >= 0.3 is 12.2 Å². The zero-order chi connectivity index (χ0) is 26.6. The van der Waals surface area contributed by atoms with Crippen LogP contribution >= 0.6 is 24.0 Å². The Kier molecular flexibility index (Phi) is 9.49. The van der Waals surface area contributed by atoms with Gasteiger partial charge in [0, 0.05) is 23.8 Å². The van der Waals surface area contributed by atoms with Crippen LogP contribution in [0, 0.1) is 0 Å². The van der Waals surface area contributed by atoms with Crippen LogP contribution in [-0.2, 0) is 6.18 Å². The summed E-state index contributed by atoms with van der Waals surface area (Å²) >= 11 is 6.04. The van der Waals surface area contributed by atoms with E-state index in [9.17, 15) is 18.0 Å². The van der Waals surface area contributed by atoms with Gasteiger partial charge in [-0.3, -0.25) is 0 Å². The van der Waals surface area contributed by atoms with Gasteiger partial charge in [-0.2, -0.15) is 13.2 Å². The minimum absolute atomic E-state index is 0. The first kappa shape index (κ1) is 29.1. The second-order valence-corrected chi connectivity index (χ2v) is 9.16. The summed E-state index contributed by atoms with van der Waals surface area (Å²) in [6.45, 7) is 1.20. The van der Waals surface area contributed by atoms with E-state index in [2.05, 4.69) is 10.6 Å². The van der Waals surface area contributed by atoms with E-state index < -0.39 is 11.7 Å². The number of halogens is 5. The first-order valence-corrected chi connectivity index (χ1v) is 12.0. The van der Waals surface area contributed by atoms with Crippen molar-refractivity contribution in [2.45, 2.75) is 6.18 Å². The van der Waals surface area contributed by atoms with E-state index in [1.165, 1.54) is 12.1 Å². The van der Waals surface area contributed by atoms with Gasteiger partial charge in [0.25, 0.3) is 0 Å². The molecule has 2 N–H and O–H groups in total. The molecule has 0 radical (unpaired) electrons. The second-order valence-electron chi connectivity index (χ2n) is 8.72. The van der Waals surface area contributed by atoms with Gasteiger partial charge in [-0.1, -0.05) is 48.0 Å². The molecule has 3 aromatic carbocycles. The Morgan fingerprint density at radius 1 is 0.868 bits per heavy atom. The smallest absolute Gasteiger partial charge is 0.337 e. The molecule has 0 spiro atoms. The minimum Gasteiger partial charge on any atom is -0.337 e. The largest absolute Gasteiger partial charge is 0.418 e. The molecular formula is C28H27Cl2F3N4O. The Balaban J connectivity index is 0.00000400. The number of para-hydroxylation sites is 1. The van der Waals surface area contributed by atoms with Gasteiger partial charge in [-0.05, 0) is 73.8 Å². The fraction of sp³-hybridized carbons (Fsp3) is 0.179. The summed E-state index contributed by atoms with van der Waals surface area (Å²) in [5.41, 5.74) is 2.42. The molecule has 38 heavy (non-hydrogen) atoms. The number of anilines is 1. The molecule has 0 aliphatic carbocycles. The number of urea groups is 1. The number of carbonyl (C=O) groups is 1. The highest BCUT2D eigenvalue weighted by atomic mass is 35.5. The number of alkyl halides is 3. The molecule has 5 nitrogen and oxygen atoms in total. The van der Waals surface area contributed by atoms with Crippen LogP contribution in [0.15, 0.2) is 84.9 Å². The zero-order valence-corrected chi connectivity index (χ0v) is 22.3. The van der Waals surface area contributed by atoms with Crippen LogP contribution < -0.4 is 10.6 Å². The van der Waals surface area contributed by atoms with Crippen molar-refractivity contribution < 1.29 is 18.0 Å². The first-order chi connectivity index (χ1) is 17.6. The molecule has 0 saturated carbocycles. The van der Waals surface area contributed by atoms with E-state index in [0.717, 1.165) is 11.6 Å². The molecule has 0 bridgehead atoms. The SMILES string of the molecule is CN(C)CCNC(=O)Nc1ccc(-c2ccc(-c3ccc(Cl)cc3)n2-c2ccccc2C(F)(F)F)cc1.Cl. The summed E-state index contributed by atoms with van der Waals surface area (Å²) < 4.78 is 43.6. The maximum atomic E-state index is 14.0. The monoisotopic (exact) mass is 562 g/mol. The van der Waals surface area contributed by atoms with Crippen LogP contribution in [0.5, 0.6) is 0 Å². The van der Waals surface area contributed by atoms with Crippen LogP contribution in [0.3, 0.4) is 0 Å². The number of rotatable bonds is 7. The topological polar surface area (TPSA) is 49.3 Å². The van der Waals surface area contributed by atoms with Crippen LogP contribution in [-0.4, -0.2) is 42.7 Å². The van der Waals surface area contributed by atoms with Crippen molar-refractivity contribution in [2.75, 3.05) is 32.5 Å². The summed E-state index contributed by atoms with van der Waals surface area (Å²) in [5, 5.41) is 6.08. The number of aromatic nitrogens is 1. The summed E-state index contributed by atoms with van der Waals surface area (Å²) in [5.74, 6) is 0. The van der Waals surface area contributed by atoms with E-state index in [4.69, 9.17) is 11.6 Å². The lowest BCUT2D eigenvalue weighted by molar-refractivity contribution is -0.137. The number of hydrogen-bond acceptors (Lipinski definition) is 2. The second kappa shape index (κ2) is 12.4. The van der Waals surface area contributed by atoms with Crippen LogP contribution in [0.1, 0.15) is 5.56 Å². The van der Waals surface area contributed by atoms with Crippen LogP contribution in [0.4, 0.5) is 23.7 Å². The molecule has 0 aliphatic rings. The predicted octanol–water partition coefficient (Wildman–Crippen LogP) is 7.59. The molecular weight excluding hydrogens is 536 g/mol. The minimum atomic E-state index is -4.54. The van der Waals surface area contributed by atoms with Gasteiger partial charge in [-0.25, -0.2) is 4.79 Å². The number of likely N-dealkylation sites (N-methyl/N-ethyl adjacent to an activating group) is 1. The number of hydrogen-bond donors (Lipinski definition) is 2. The molecule has 0 fully saturated rings. The highest BCUT2D eigenvalue weighted by Gasteiger charge is 2.34. The fourth-order valence-corrected chi connectivity index (χ4v) is 4.09. The highest BCUT2D eigenvalue weighted by molar-refractivity contribution is 6.30. The van der Waals surface area contributed by atoms with Crippen molar-refractivity contribution >= 4 is 35.7 Å². The summed E-state index contributed by atoms with van der Waals surface area (Å²) in [7, 11) is 3.83. The molecule has 0 atom stereocenters. The van der Waals surface area contributed by atoms with Gasteiger partial charge in [0.1, 0.15) is 0 Å². The summed E-state index contributed by atoms with van der Waals surface area (Å²) in [4.78, 5) is 14.1. The molecule has 4 rings (SSSR count). The highest BCUT2D eigenvalue weighted by Crippen LogP contribution is 2.39. The van der Waals surface area contributed by atoms with Gasteiger partial charge in [-0.15, -0.1) is 12.4 Å². The van der Waals surface area contributed by atoms with Gasteiger partial charge in [0.05, 0.1) is 22.6 Å². The fourth-order valence-electron chi connectivity index (χ4n) is 3.97. The summed E-state index contributed by atoms with van der Waals surface area (Å²) in [6, 6.07) is 22.7. The third-order valence-electron chi connectivity index (χ3n) is 5.75. The van der Waals surface area contributed by atoms with E-state index in [1.807, 2.05) is 19.0 Å².